The summed E-state index contributed by atoms with van der Waals surface area (Å²) in [6, 6.07) is 8.30. The van der Waals surface area contributed by atoms with Crippen LogP contribution < -0.4 is 0 Å². The van der Waals surface area contributed by atoms with Gasteiger partial charge in [0.25, 0.3) is 0 Å². The zero-order valence-electron chi connectivity index (χ0n) is 5.75. The predicted molar refractivity (Wildman–Crippen MR) is 40.0 cm³/mol. The van der Waals surface area contributed by atoms with E-state index in [-0.39, 0.29) is 0 Å². The number of hydrogen-bond acceptors (Lipinski definition) is 1. The van der Waals surface area contributed by atoms with Gasteiger partial charge in [-0.05, 0) is 17.5 Å². The summed E-state index contributed by atoms with van der Waals surface area (Å²) in [6.45, 7) is 0.303. The Kier molecular flexibility index (Phi) is 1.24. The lowest BCUT2D eigenvalue weighted by Crippen LogP contribution is -2.19. The normalized spacial score (nSPS) is 21.5. The number of fused-ring (bicyclic) bond motifs is 1. The van der Waals surface area contributed by atoms with Crippen molar-refractivity contribution in [1.29, 1.82) is 0 Å². The van der Waals surface area contributed by atoms with Gasteiger partial charge in [0, 0.05) is 5.92 Å². The van der Waals surface area contributed by atoms with Crippen LogP contribution in [0.25, 0.3) is 0 Å². The summed E-state index contributed by atoms with van der Waals surface area (Å²) < 4.78 is 0. The van der Waals surface area contributed by atoms with Gasteiger partial charge in [-0.3, -0.25) is 0 Å². The van der Waals surface area contributed by atoms with Crippen LogP contribution in [0.1, 0.15) is 17.0 Å². The minimum absolute atomic E-state index is 0.303. The SMILES string of the molecule is OC[C@@H]1Cc2ccccc21. The van der Waals surface area contributed by atoms with E-state index in [0.717, 1.165) is 6.42 Å². The first kappa shape index (κ1) is 5.93. The third-order valence-corrected chi connectivity index (χ3v) is 2.18. The quantitative estimate of drug-likeness (QED) is 0.614. The maximum atomic E-state index is 8.83. The molecule has 1 N–H and O–H groups in total. The molecule has 1 aromatic carbocycles. The van der Waals surface area contributed by atoms with Crippen molar-refractivity contribution in [2.75, 3.05) is 6.61 Å². The molecule has 0 bridgehead atoms. The number of benzene rings is 1. The summed E-state index contributed by atoms with van der Waals surface area (Å²) in [5, 5.41) is 8.83. The second-order valence-electron chi connectivity index (χ2n) is 2.78. The standard InChI is InChI=1S/C9H10O/c10-6-8-5-7-3-1-2-4-9(7)8/h1-4,8,10H,5-6H2/t8-/m0/s1. The lowest BCUT2D eigenvalue weighted by molar-refractivity contribution is 0.253. The Bertz CT molecular complexity index is 242. The van der Waals surface area contributed by atoms with Gasteiger partial charge in [0.15, 0.2) is 0 Å². The van der Waals surface area contributed by atoms with Crippen LogP contribution in [0.4, 0.5) is 0 Å². The Morgan fingerprint density at radius 2 is 2.20 bits per heavy atom. The third kappa shape index (κ3) is 0.673. The van der Waals surface area contributed by atoms with Crippen LogP contribution in [0, 0.1) is 0 Å². The van der Waals surface area contributed by atoms with Crippen molar-refractivity contribution >= 4 is 0 Å². The average Bonchev–Trinajstić information content (AvgIpc) is 1.92. The first-order chi connectivity index (χ1) is 4.92. The molecule has 0 unspecified atom stereocenters. The smallest absolute Gasteiger partial charge is 0.0503 e. The van der Waals surface area contributed by atoms with Crippen LogP contribution in [0.5, 0.6) is 0 Å². The molecule has 10 heavy (non-hydrogen) atoms. The Labute approximate surface area is 60.3 Å². The molecule has 0 heterocycles. The van der Waals surface area contributed by atoms with E-state index in [1.54, 1.807) is 0 Å². The summed E-state index contributed by atoms with van der Waals surface area (Å²) >= 11 is 0. The van der Waals surface area contributed by atoms with Crippen LogP contribution in [0.2, 0.25) is 0 Å². The number of aliphatic hydroxyl groups excluding tert-OH is 1. The Balaban J connectivity index is 2.34. The molecule has 0 fully saturated rings. The molecule has 1 heteroatoms. The molecule has 0 radical (unpaired) electrons. The van der Waals surface area contributed by atoms with Gasteiger partial charge in [0.2, 0.25) is 0 Å². The van der Waals surface area contributed by atoms with Gasteiger partial charge in [-0.15, -0.1) is 0 Å². The van der Waals surface area contributed by atoms with Crippen LogP contribution in [0.15, 0.2) is 24.3 Å². The molecule has 1 aromatic rings. The fourth-order valence-electron chi connectivity index (χ4n) is 1.53. The molecule has 0 saturated heterocycles. The van der Waals surface area contributed by atoms with Gasteiger partial charge in [0.05, 0.1) is 6.61 Å². The second kappa shape index (κ2) is 2.10. The molecule has 1 aliphatic rings. The van der Waals surface area contributed by atoms with Crippen molar-refractivity contribution in [2.24, 2.45) is 0 Å². The molecule has 52 valence electrons. The summed E-state index contributed by atoms with van der Waals surface area (Å²) in [4.78, 5) is 0. The molecule has 2 rings (SSSR count). The molecule has 0 amide bonds. The first-order valence-electron chi connectivity index (χ1n) is 3.60. The van der Waals surface area contributed by atoms with E-state index in [1.807, 2.05) is 12.1 Å². The van der Waals surface area contributed by atoms with Crippen molar-refractivity contribution in [2.45, 2.75) is 12.3 Å². The number of rotatable bonds is 1. The van der Waals surface area contributed by atoms with E-state index in [2.05, 4.69) is 12.1 Å². The maximum Gasteiger partial charge on any atom is 0.0503 e. The van der Waals surface area contributed by atoms with Crippen LogP contribution in [-0.2, 0) is 6.42 Å². The number of hydrogen-bond donors (Lipinski definition) is 1. The van der Waals surface area contributed by atoms with Crippen molar-refractivity contribution in [3.8, 4) is 0 Å². The highest BCUT2D eigenvalue weighted by Gasteiger charge is 2.23. The molecule has 1 aliphatic carbocycles. The van der Waals surface area contributed by atoms with Gasteiger partial charge in [0.1, 0.15) is 0 Å². The van der Waals surface area contributed by atoms with Crippen LogP contribution in [-0.4, -0.2) is 11.7 Å². The second-order valence-corrected chi connectivity index (χ2v) is 2.78. The third-order valence-electron chi connectivity index (χ3n) is 2.18. The largest absolute Gasteiger partial charge is 0.396 e. The first-order valence-corrected chi connectivity index (χ1v) is 3.60. The lowest BCUT2D eigenvalue weighted by atomic mass is 9.78. The highest BCUT2D eigenvalue weighted by molar-refractivity contribution is 5.39. The van der Waals surface area contributed by atoms with Crippen molar-refractivity contribution in [3.05, 3.63) is 35.4 Å². The van der Waals surface area contributed by atoms with E-state index in [9.17, 15) is 0 Å². The molecule has 0 spiro atoms. The summed E-state index contributed by atoms with van der Waals surface area (Å²) in [7, 11) is 0. The topological polar surface area (TPSA) is 20.2 Å². The summed E-state index contributed by atoms with van der Waals surface area (Å²) in [5.41, 5.74) is 2.74. The predicted octanol–water partition coefficient (Wildman–Crippen LogP) is 1.32. The van der Waals surface area contributed by atoms with E-state index in [4.69, 9.17) is 5.11 Å². The van der Waals surface area contributed by atoms with E-state index >= 15 is 0 Å². The Morgan fingerprint density at radius 3 is 2.90 bits per heavy atom. The highest BCUT2D eigenvalue weighted by Crippen LogP contribution is 2.33. The molecular formula is C9H10O. The van der Waals surface area contributed by atoms with Gasteiger partial charge in [-0.2, -0.15) is 0 Å². The highest BCUT2D eigenvalue weighted by atomic mass is 16.3. The molecule has 1 nitrogen and oxygen atoms in total. The van der Waals surface area contributed by atoms with Crippen molar-refractivity contribution in [1.82, 2.24) is 0 Å². The summed E-state index contributed by atoms with van der Waals surface area (Å²) in [5.74, 6) is 0.427. The molecule has 1 atom stereocenters. The molecular weight excluding hydrogens is 124 g/mol. The Hall–Kier alpha value is -0.820. The van der Waals surface area contributed by atoms with Crippen molar-refractivity contribution < 1.29 is 5.11 Å². The Morgan fingerprint density at radius 1 is 1.40 bits per heavy atom. The summed E-state index contributed by atoms with van der Waals surface area (Å²) in [6.07, 6.45) is 1.06. The monoisotopic (exact) mass is 134 g/mol. The minimum atomic E-state index is 0.303. The van der Waals surface area contributed by atoms with Gasteiger partial charge in [-0.25, -0.2) is 0 Å². The maximum absolute atomic E-state index is 8.83. The van der Waals surface area contributed by atoms with Crippen LogP contribution in [0.3, 0.4) is 0 Å². The van der Waals surface area contributed by atoms with Gasteiger partial charge in [-0.1, -0.05) is 24.3 Å². The van der Waals surface area contributed by atoms with Crippen molar-refractivity contribution in [3.63, 3.8) is 0 Å². The van der Waals surface area contributed by atoms with E-state index < -0.39 is 0 Å². The molecule has 0 aromatic heterocycles. The van der Waals surface area contributed by atoms with Crippen LogP contribution >= 0.6 is 0 Å². The lowest BCUT2D eigenvalue weighted by Gasteiger charge is -2.27. The van der Waals surface area contributed by atoms with Gasteiger partial charge >= 0.3 is 0 Å². The zero-order chi connectivity index (χ0) is 6.97. The minimum Gasteiger partial charge on any atom is -0.396 e. The molecule has 0 aliphatic heterocycles. The van der Waals surface area contributed by atoms with E-state index in [1.165, 1.54) is 11.1 Å². The van der Waals surface area contributed by atoms with E-state index in [0.29, 0.717) is 12.5 Å². The number of aliphatic hydroxyl groups is 1. The van der Waals surface area contributed by atoms with Gasteiger partial charge < -0.3 is 5.11 Å². The zero-order valence-corrected chi connectivity index (χ0v) is 5.75. The average molecular weight is 134 g/mol. The fraction of sp³-hybridized carbons (Fsp3) is 0.333. The fourth-order valence-corrected chi connectivity index (χ4v) is 1.53. The molecule has 0 saturated carbocycles.